The van der Waals surface area contributed by atoms with E-state index in [1.54, 1.807) is 0 Å². The van der Waals surface area contributed by atoms with Crippen molar-refractivity contribution < 1.29 is 9.53 Å². The van der Waals surface area contributed by atoms with Crippen LogP contribution < -0.4 is 5.32 Å². The van der Waals surface area contributed by atoms with Gasteiger partial charge in [-0.2, -0.15) is 0 Å². The number of carbonyl (C=O) groups is 1. The molecule has 0 aromatic heterocycles. The number of amides is 1. The van der Waals surface area contributed by atoms with Crippen LogP contribution in [0.5, 0.6) is 0 Å². The van der Waals surface area contributed by atoms with Gasteiger partial charge in [0.1, 0.15) is 0 Å². The molecule has 1 aliphatic heterocycles. The fourth-order valence-corrected chi connectivity index (χ4v) is 1.62. The highest BCUT2D eigenvalue weighted by molar-refractivity contribution is 5.78. The molecule has 1 unspecified atom stereocenters. The Morgan fingerprint density at radius 3 is 2.71 bits per heavy atom. The SMILES string of the molecule is CCN(CC)C(=O)CNC1CCOC1. The number of likely N-dealkylation sites (N-methyl/N-ethyl adjacent to an activating group) is 1. The zero-order chi connectivity index (χ0) is 10.4. The summed E-state index contributed by atoms with van der Waals surface area (Å²) in [7, 11) is 0. The number of hydrogen-bond donors (Lipinski definition) is 1. The van der Waals surface area contributed by atoms with Crippen LogP contribution in [0.25, 0.3) is 0 Å². The third-order valence-corrected chi connectivity index (χ3v) is 2.59. The quantitative estimate of drug-likeness (QED) is 0.691. The van der Waals surface area contributed by atoms with E-state index in [1.807, 2.05) is 18.7 Å². The van der Waals surface area contributed by atoms with Gasteiger partial charge in [0, 0.05) is 25.7 Å². The first-order valence-corrected chi connectivity index (χ1v) is 5.36. The van der Waals surface area contributed by atoms with Gasteiger partial charge in [-0.05, 0) is 20.3 Å². The van der Waals surface area contributed by atoms with Gasteiger partial charge < -0.3 is 15.0 Å². The minimum Gasteiger partial charge on any atom is -0.380 e. The fourth-order valence-electron chi connectivity index (χ4n) is 1.62. The van der Waals surface area contributed by atoms with Gasteiger partial charge in [-0.3, -0.25) is 4.79 Å². The van der Waals surface area contributed by atoms with Gasteiger partial charge in [-0.1, -0.05) is 0 Å². The van der Waals surface area contributed by atoms with Gasteiger partial charge in [-0.15, -0.1) is 0 Å². The van der Waals surface area contributed by atoms with Crippen LogP contribution in [0, 0.1) is 0 Å². The Labute approximate surface area is 85.6 Å². The van der Waals surface area contributed by atoms with Crippen LogP contribution in [0.1, 0.15) is 20.3 Å². The number of ether oxygens (including phenoxy) is 1. The first-order chi connectivity index (χ1) is 6.77. The van der Waals surface area contributed by atoms with Crippen LogP contribution in [0.3, 0.4) is 0 Å². The molecule has 1 N–H and O–H groups in total. The Bertz CT molecular complexity index is 175. The molecular formula is C10H20N2O2. The van der Waals surface area contributed by atoms with Crippen molar-refractivity contribution in [1.82, 2.24) is 10.2 Å². The van der Waals surface area contributed by atoms with Crippen LogP contribution in [0.4, 0.5) is 0 Å². The van der Waals surface area contributed by atoms with Gasteiger partial charge in [-0.25, -0.2) is 0 Å². The van der Waals surface area contributed by atoms with Crippen LogP contribution in [0.15, 0.2) is 0 Å². The van der Waals surface area contributed by atoms with E-state index in [2.05, 4.69) is 5.32 Å². The summed E-state index contributed by atoms with van der Waals surface area (Å²) >= 11 is 0. The second-order valence-corrected chi connectivity index (χ2v) is 3.51. The molecule has 1 atom stereocenters. The van der Waals surface area contributed by atoms with E-state index in [9.17, 15) is 4.79 Å². The molecule has 14 heavy (non-hydrogen) atoms. The van der Waals surface area contributed by atoms with Gasteiger partial charge in [0.15, 0.2) is 0 Å². The molecule has 1 rings (SSSR count). The van der Waals surface area contributed by atoms with Crippen molar-refractivity contribution in [3.8, 4) is 0 Å². The van der Waals surface area contributed by atoms with Gasteiger partial charge >= 0.3 is 0 Å². The number of nitrogens with one attached hydrogen (secondary N) is 1. The van der Waals surface area contributed by atoms with Crippen LogP contribution >= 0.6 is 0 Å². The summed E-state index contributed by atoms with van der Waals surface area (Å²) < 4.78 is 5.22. The number of hydrogen-bond acceptors (Lipinski definition) is 3. The third kappa shape index (κ3) is 3.27. The number of carbonyl (C=O) groups excluding carboxylic acids is 1. The van der Waals surface area contributed by atoms with Crippen molar-refractivity contribution in [3.63, 3.8) is 0 Å². The fraction of sp³-hybridized carbons (Fsp3) is 0.900. The number of nitrogens with zero attached hydrogens (tertiary/aromatic N) is 1. The van der Waals surface area contributed by atoms with Crippen molar-refractivity contribution in [1.29, 1.82) is 0 Å². The summed E-state index contributed by atoms with van der Waals surface area (Å²) in [4.78, 5) is 13.4. The van der Waals surface area contributed by atoms with E-state index in [0.717, 1.165) is 32.7 Å². The van der Waals surface area contributed by atoms with Crippen LogP contribution in [0.2, 0.25) is 0 Å². The highest BCUT2D eigenvalue weighted by Gasteiger charge is 2.17. The highest BCUT2D eigenvalue weighted by atomic mass is 16.5. The van der Waals surface area contributed by atoms with E-state index in [4.69, 9.17) is 4.74 Å². The predicted octanol–water partition coefficient (Wildman–Crippen LogP) is 0.233. The molecule has 0 aromatic rings. The minimum absolute atomic E-state index is 0.182. The molecule has 4 nitrogen and oxygen atoms in total. The lowest BCUT2D eigenvalue weighted by Gasteiger charge is -2.20. The minimum atomic E-state index is 0.182. The standard InChI is InChI=1S/C10H20N2O2/c1-3-12(4-2)10(13)7-11-9-5-6-14-8-9/h9,11H,3-8H2,1-2H3. The predicted molar refractivity (Wildman–Crippen MR) is 55.2 cm³/mol. The lowest BCUT2D eigenvalue weighted by Crippen LogP contribution is -2.41. The lowest BCUT2D eigenvalue weighted by molar-refractivity contribution is -0.129. The van der Waals surface area contributed by atoms with Crippen molar-refractivity contribution >= 4 is 5.91 Å². The largest absolute Gasteiger partial charge is 0.380 e. The molecule has 0 spiro atoms. The molecule has 1 saturated heterocycles. The Hall–Kier alpha value is -0.610. The Kier molecular flexibility index (Phi) is 4.90. The summed E-state index contributed by atoms with van der Waals surface area (Å²) in [5, 5.41) is 3.21. The molecular weight excluding hydrogens is 180 g/mol. The second kappa shape index (κ2) is 5.98. The summed E-state index contributed by atoms with van der Waals surface area (Å²) in [6.45, 7) is 7.58. The van der Waals surface area contributed by atoms with Crippen LogP contribution in [-0.4, -0.2) is 49.7 Å². The summed E-state index contributed by atoms with van der Waals surface area (Å²) in [6.07, 6.45) is 1.02. The molecule has 1 amide bonds. The Morgan fingerprint density at radius 2 is 2.21 bits per heavy atom. The molecule has 0 radical (unpaired) electrons. The maximum atomic E-state index is 11.6. The zero-order valence-electron chi connectivity index (χ0n) is 9.08. The molecule has 0 aromatic carbocycles. The topological polar surface area (TPSA) is 41.6 Å². The van der Waals surface area contributed by atoms with Gasteiger partial charge in [0.25, 0.3) is 0 Å². The van der Waals surface area contributed by atoms with Crippen LogP contribution in [-0.2, 0) is 9.53 Å². The van der Waals surface area contributed by atoms with E-state index >= 15 is 0 Å². The average Bonchev–Trinajstić information content (AvgIpc) is 2.69. The van der Waals surface area contributed by atoms with Gasteiger partial charge in [0.2, 0.25) is 5.91 Å². The van der Waals surface area contributed by atoms with Crippen molar-refractivity contribution in [2.45, 2.75) is 26.3 Å². The molecule has 1 fully saturated rings. The van der Waals surface area contributed by atoms with Crippen molar-refractivity contribution in [2.24, 2.45) is 0 Å². The lowest BCUT2D eigenvalue weighted by atomic mass is 10.2. The van der Waals surface area contributed by atoms with E-state index in [1.165, 1.54) is 0 Å². The zero-order valence-corrected chi connectivity index (χ0v) is 9.08. The molecule has 0 bridgehead atoms. The molecule has 0 saturated carbocycles. The smallest absolute Gasteiger partial charge is 0.236 e. The van der Waals surface area contributed by atoms with Crippen molar-refractivity contribution in [2.75, 3.05) is 32.8 Å². The highest BCUT2D eigenvalue weighted by Crippen LogP contribution is 2.02. The first-order valence-electron chi connectivity index (χ1n) is 5.36. The first kappa shape index (κ1) is 11.5. The monoisotopic (exact) mass is 200 g/mol. The second-order valence-electron chi connectivity index (χ2n) is 3.51. The molecule has 1 aliphatic rings. The van der Waals surface area contributed by atoms with Gasteiger partial charge in [0.05, 0.1) is 13.2 Å². The molecule has 82 valence electrons. The maximum Gasteiger partial charge on any atom is 0.236 e. The van der Waals surface area contributed by atoms with E-state index in [0.29, 0.717) is 12.6 Å². The molecule has 4 heteroatoms. The van der Waals surface area contributed by atoms with Crippen molar-refractivity contribution in [3.05, 3.63) is 0 Å². The summed E-state index contributed by atoms with van der Waals surface area (Å²) in [6, 6.07) is 0.370. The Morgan fingerprint density at radius 1 is 1.50 bits per heavy atom. The van der Waals surface area contributed by atoms with E-state index < -0.39 is 0 Å². The normalized spacial score (nSPS) is 21.1. The average molecular weight is 200 g/mol. The van der Waals surface area contributed by atoms with E-state index in [-0.39, 0.29) is 5.91 Å². The molecule has 1 heterocycles. The summed E-state index contributed by atoms with van der Waals surface area (Å²) in [5.74, 6) is 0.182. The maximum absolute atomic E-state index is 11.6. The third-order valence-electron chi connectivity index (χ3n) is 2.59. The summed E-state index contributed by atoms with van der Waals surface area (Å²) in [5.41, 5.74) is 0. The molecule has 0 aliphatic carbocycles. The number of rotatable bonds is 5. The Balaban J connectivity index is 2.18.